The third-order valence-electron chi connectivity index (χ3n) is 5.32. The first kappa shape index (κ1) is 17.0. The van der Waals surface area contributed by atoms with E-state index in [2.05, 4.69) is 4.90 Å². The Kier molecular flexibility index (Phi) is 4.85. The van der Waals surface area contributed by atoms with E-state index < -0.39 is 0 Å². The molecule has 2 aromatic rings. The Morgan fingerprint density at radius 2 is 1.46 bits per heavy atom. The van der Waals surface area contributed by atoms with Crippen LogP contribution in [0, 0.1) is 0 Å². The summed E-state index contributed by atoms with van der Waals surface area (Å²) < 4.78 is 0. The monoisotopic (exact) mass is 348 g/mol. The molecule has 0 spiro atoms. The maximum Gasteiger partial charge on any atom is 0.254 e. The summed E-state index contributed by atoms with van der Waals surface area (Å²) in [6, 6.07) is 17.1. The van der Waals surface area contributed by atoms with E-state index in [0.717, 1.165) is 38.6 Å². The molecule has 4 nitrogen and oxygen atoms in total. The highest BCUT2D eigenvalue weighted by Crippen LogP contribution is 2.27. The van der Waals surface area contributed by atoms with Crippen molar-refractivity contribution in [3.63, 3.8) is 0 Å². The molecule has 1 saturated carbocycles. The van der Waals surface area contributed by atoms with Crippen LogP contribution in [0.15, 0.2) is 54.6 Å². The minimum absolute atomic E-state index is 0.0254. The minimum atomic E-state index is -0.0935. The van der Waals surface area contributed by atoms with Gasteiger partial charge >= 0.3 is 0 Å². The van der Waals surface area contributed by atoms with Gasteiger partial charge in [-0.3, -0.25) is 14.5 Å². The molecular formula is C22H24N2O2. The summed E-state index contributed by atoms with van der Waals surface area (Å²) in [5, 5.41) is 0. The summed E-state index contributed by atoms with van der Waals surface area (Å²) in [7, 11) is 0. The molecule has 0 unspecified atom stereocenters. The average Bonchev–Trinajstić information content (AvgIpc) is 3.54. The van der Waals surface area contributed by atoms with Crippen LogP contribution in [0.25, 0.3) is 0 Å². The number of rotatable bonds is 4. The molecular weight excluding hydrogens is 324 g/mol. The molecule has 0 aromatic heterocycles. The van der Waals surface area contributed by atoms with Crippen LogP contribution in [0.5, 0.6) is 0 Å². The number of hydrogen-bond donors (Lipinski definition) is 0. The first-order chi connectivity index (χ1) is 12.7. The van der Waals surface area contributed by atoms with Crippen molar-refractivity contribution < 1.29 is 9.59 Å². The van der Waals surface area contributed by atoms with Crippen LogP contribution in [0.2, 0.25) is 0 Å². The zero-order chi connectivity index (χ0) is 17.9. The highest BCUT2D eigenvalue weighted by atomic mass is 16.2. The van der Waals surface area contributed by atoms with Crippen LogP contribution < -0.4 is 0 Å². The zero-order valence-electron chi connectivity index (χ0n) is 14.9. The fourth-order valence-corrected chi connectivity index (χ4v) is 3.73. The average molecular weight is 348 g/mol. The van der Waals surface area contributed by atoms with Gasteiger partial charge in [0.25, 0.3) is 5.91 Å². The van der Waals surface area contributed by atoms with Crippen molar-refractivity contribution in [2.45, 2.75) is 25.3 Å². The second-order valence-electron chi connectivity index (χ2n) is 7.15. The molecule has 0 N–H and O–H groups in total. The predicted molar refractivity (Wildman–Crippen MR) is 101 cm³/mol. The minimum Gasteiger partial charge on any atom is -0.337 e. The molecule has 0 bridgehead atoms. The van der Waals surface area contributed by atoms with Crippen LogP contribution >= 0.6 is 0 Å². The van der Waals surface area contributed by atoms with Crippen molar-refractivity contribution >= 4 is 11.7 Å². The van der Waals surface area contributed by atoms with Gasteiger partial charge in [0.1, 0.15) is 0 Å². The molecule has 134 valence electrons. The van der Waals surface area contributed by atoms with Gasteiger partial charge in [0, 0.05) is 43.3 Å². The number of nitrogens with zero attached hydrogens (tertiary/aromatic N) is 2. The lowest BCUT2D eigenvalue weighted by molar-refractivity contribution is 0.0756. The first-order valence-electron chi connectivity index (χ1n) is 9.46. The molecule has 2 fully saturated rings. The molecule has 1 saturated heterocycles. The molecule has 1 aliphatic heterocycles. The van der Waals surface area contributed by atoms with E-state index in [1.54, 1.807) is 24.3 Å². The maximum atomic E-state index is 13.2. The summed E-state index contributed by atoms with van der Waals surface area (Å²) in [6.07, 6.45) is 3.59. The van der Waals surface area contributed by atoms with Crippen LogP contribution in [0.4, 0.5) is 0 Å². The molecule has 2 aliphatic rings. The normalized spacial score (nSPS) is 18.4. The number of benzene rings is 2. The Hall–Kier alpha value is -2.46. The van der Waals surface area contributed by atoms with Crippen molar-refractivity contribution in [3.05, 3.63) is 71.3 Å². The molecule has 4 heteroatoms. The van der Waals surface area contributed by atoms with Crippen molar-refractivity contribution in [3.8, 4) is 0 Å². The molecule has 0 atom stereocenters. The molecule has 1 amide bonds. The summed E-state index contributed by atoms with van der Waals surface area (Å²) >= 11 is 0. The van der Waals surface area contributed by atoms with Crippen LogP contribution in [0.1, 0.15) is 45.5 Å². The molecule has 4 rings (SSSR count). The lowest BCUT2D eigenvalue weighted by atomic mass is 9.97. The van der Waals surface area contributed by atoms with Gasteiger partial charge in [0.15, 0.2) is 5.78 Å². The lowest BCUT2D eigenvalue weighted by Gasteiger charge is -2.22. The fourth-order valence-electron chi connectivity index (χ4n) is 3.73. The van der Waals surface area contributed by atoms with Gasteiger partial charge in [-0.25, -0.2) is 0 Å². The molecule has 2 aromatic carbocycles. The lowest BCUT2D eigenvalue weighted by Crippen LogP contribution is -2.36. The van der Waals surface area contributed by atoms with Crippen molar-refractivity contribution in [1.82, 2.24) is 9.80 Å². The van der Waals surface area contributed by atoms with E-state index in [4.69, 9.17) is 0 Å². The van der Waals surface area contributed by atoms with Crippen molar-refractivity contribution in [1.29, 1.82) is 0 Å². The Morgan fingerprint density at radius 1 is 0.769 bits per heavy atom. The quantitative estimate of drug-likeness (QED) is 0.797. The number of hydrogen-bond acceptors (Lipinski definition) is 3. The third kappa shape index (κ3) is 3.56. The highest BCUT2D eigenvalue weighted by molar-refractivity contribution is 6.15. The Bertz CT molecular complexity index is 799. The number of carbonyl (C=O) groups is 2. The Balaban J connectivity index is 1.55. The van der Waals surface area contributed by atoms with Crippen molar-refractivity contribution in [2.24, 2.45) is 0 Å². The molecule has 26 heavy (non-hydrogen) atoms. The van der Waals surface area contributed by atoms with Gasteiger partial charge in [0.2, 0.25) is 0 Å². The number of ketones is 1. The smallest absolute Gasteiger partial charge is 0.254 e. The standard InChI is InChI=1S/C22H24N2O2/c25-21(17-7-2-1-3-8-17)19-9-4-5-10-20(19)22(26)24-14-6-13-23(15-16-24)18-11-12-18/h1-5,7-10,18H,6,11-16H2. The fraction of sp³-hybridized carbons (Fsp3) is 0.364. The molecule has 1 aliphatic carbocycles. The topological polar surface area (TPSA) is 40.6 Å². The van der Waals surface area contributed by atoms with Crippen LogP contribution in [-0.4, -0.2) is 53.7 Å². The van der Waals surface area contributed by atoms with Gasteiger partial charge in [-0.1, -0.05) is 48.5 Å². The van der Waals surface area contributed by atoms with E-state index in [1.165, 1.54) is 12.8 Å². The second-order valence-corrected chi connectivity index (χ2v) is 7.15. The van der Waals surface area contributed by atoms with Crippen LogP contribution in [0.3, 0.4) is 0 Å². The van der Waals surface area contributed by atoms with E-state index in [0.29, 0.717) is 16.7 Å². The highest BCUT2D eigenvalue weighted by Gasteiger charge is 2.31. The zero-order valence-corrected chi connectivity index (χ0v) is 14.9. The van der Waals surface area contributed by atoms with Gasteiger partial charge in [-0.15, -0.1) is 0 Å². The summed E-state index contributed by atoms with van der Waals surface area (Å²) in [4.78, 5) is 30.5. The molecule has 1 heterocycles. The number of amides is 1. The summed E-state index contributed by atoms with van der Waals surface area (Å²) in [5.74, 6) is -0.119. The Morgan fingerprint density at radius 3 is 2.19 bits per heavy atom. The Labute approximate surface area is 154 Å². The maximum absolute atomic E-state index is 13.2. The second kappa shape index (κ2) is 7.42. The van der Waals surface area contributed by atoms with Crippen LogP contribution in [-0.2, 0) is 0 Å². The predicted octanol–water partition coefficient (Wildman–Crippen LogP) is 3.23. The molecule has 0 radical (unpaired) electrons. The van der Waals surface area contributed by atoms with Gasteiger partial charge in [-0.05, 0) is 25.3 Å². The van der Waals surface area contributed by atoms with Gasteiger partial charge in [0.05, 0.1) is 5.56 Å². The summed E-state index contributed by atoms with van der Waals surface area (Å²) in [5.41, 5.74) is 1.62. The van der Waals surface area contributed by atoms with E-state index in [-0.39, 0.29) is 11.7 Å². The number of carbonyl (C=O) groups excluding carboxylic acids is 2. The third-order valence-corrected chi connectivity index (χ3v) is 5.32. The largest absolute Gasteiger partial charge is 0.337 e. The summed E-state index contributed by atoms with van der Waals surface area (Å²) in [6.45, 7) is 3.50. The van der Waals surface area contributed by atoms with E-state index >= 15 is 0 Å². The van der Waals surface area contributed by atoms with E-state index in [1.807, 2.05) is 35.2 Å². The van der Waals surface area contributed by atoms with Gasteiger partial charge < -0.3 is 4.90 Å². The van der Waals surface area contributed by atoms with Gasteiger partial charge in [-0.2, -0.15) is 0 Å². The first-order valence-corrected chi connectivity index (χ1v) is 9.46. The van der Waals surface area contributed by atoms with E-state index in [9.17, 15) is 9.59 Å². The SMILES string of the molecule is O=C(c1ccccc1)c1ccccc1C(=O)N1CCCN(C2CC2)CC1. The van der Waals surface area contributed by atoms with Crippen molar-refractivity contribution in [2.75, 3.05) is 26.2 Å².